The lowest BCUT2D eigenvalue weighted by Crippen LogP contribution is -2.25. The van der Waals surface area contributed by atoms with Crippen LogP contribution in [0.3, 0.4) is 0 Å². The van der Waals surface area contributed by atoms with E-state index in [1.165, 1.54) is 0 Å². The van der Waals surface area contributed by atoms with Gasteiger partial charge in [0.15, 0.2) is 5.82 Å². The van der Waals surface area contributed by atoms with Crippen LogP contribution in [0.2, 0.25) is 0 Å². The number of hydroxylamine groups is 2. The fourth-order valence-corrected chi connectivity index (χ4v) is 4.26. The smallest absolute Gasteiger partial charge is 0.278 e. The summed E-state index contributed by atoms with van der Waals surface area (Å²) in [5.74, 6) is 1.27. The normalized spacial score (nSPS) is 14.7. The Labute approximate surface area is 190 Å². The lowest BCUT2D eigenvalue weighted by molar-refractivity contribution is -0.0581. The molecule has 3 aromatic rings. The van der Waals surface area contributed by atoms with Gasteiger partial charge in [-0.05, 0) is 42.8 Å². The first kappa shape index (κ1) is 20.9. The molecule has 2 amide bonds. The second-order valence-electron chi connectivity index (χ2n) is 7.91. The van der Waals surface area contributed by atoms with Gasteiger partial charge >= 0.3 is 0 Å². The molecular formula is C24H23N5O4. The van der Waals surface area contributed by atoms with Crippen molar-refractivity contribution in [2.24, 2.45) is 0 Å². The number of carbonyl (C=O) groups is 2. The molecule has 0 bridgehead atoms. The number of rotatable bonds is 5. The van der Waals surface area contributed by atoms with Crippen LogP contribution in [-0.2, 0) is 13.0 Å². The van der Waals surface area contributed by atoms with E-state index in [0.717, 1.165) is 11.3 Å². The zero-order valence-electron chi connectivity index (χ0n) is 18.4. The molecule has 0 aliphatic carbocycles. The maximum atomic E-state index is 13.2. The first-order valence-electron chi connectivity index (χ1n) is 10.7. The monoisotopic (exact) mass is 445 g/mol. The summed E-state index contributed by atoms with van der Waals surface area (Å²) in [6, 6.07) is 10.7. The number of carbonyl (C=O) groups excluding carboxylic acids is 2. The van der Waals surface area contributed by atoms with Gasteiger partial charge in [0.2, 0.25) is 0 Å². The van der Waals surface area contributed by atoms with Crippen molar-refractivity contribution >= 4 is 29.1 Å². The second-order valence-corrected chi connectivity index (χ2v) is 7.91. The van der Waals surface area contributed by atoms with Gasteiger partial charge in [-0.3, -0.25) is 14.8 Å². The van der Waals surface area contributed by atoms with Gasteiger partial charge in [0.1, 0.15) is 11.6 Å². The third-order valence-electron chi connectivity index (χ3n) is 5.97. The number of anilines is 3. The van der Waals surface area contributed by atoms with Crippen molar-refractivity contribution in [1.82, 2.24) is 15.0 Å². The van der Waals surface area contributed by atoms with Crippen molar-refractivity contribution in [3.8, 4) is 5.75 Å². The Hall–Kier alpha value is -3.98. The number of ether oxygens (including phenoxy) is 1. The zero-order chi connectivity index (χ0) is 23.1. The molecule has 9 nitrogen and oxygen atoms in total. The highest BCUT2D eigenvalue weighted by Gasteiger charge is 2.31. The van der Waals surface area contributed by atoms with E-state index in [0.29, 0.717) is 58.7 Å². The Kier molecular flexibility index (Phi) is 5.18. The Morgan fingerprint density at radius 2 is 1.91 bits per heavy atom. The molecule has 0 spiro atoms. The maximum Gasteiger partial charge on any atom is 0.278 e. The molecule has 9 heteroatoms. The SMILES string of the molecule is CCN1c2ncc(CCOc3cccc4c3CN(O)C4=O)cc2C(=O)N(C)c2cccnc21. The van der Waals surface area contributed by atoms with Crippen molar-refractivity contribution in [1.29, 1.82) is 0 Å². The molecule has 0 radical (unpaired) electrons. The van der Waals surface area contributed by atoms with E-state index < -0.39 is 5.91 Å². The van der Waals surface area contributed by atoms with Gasteiger partial charge < -0.3 is 14.5 Å². The molecule has 2 aliphatic rings. The first-order chi connectivity index (χ1) is 16.0. The van der Waals surface area contributed by atoms with Crippen LogP contribution in [0.25, 0.3) is 0 Å². The second kappa shape index (κ2) is 8.18. The van der Waals surface area contributed by atoms with Crippen LogP contribution in [0.4, 0.5) is 17.3 Å². The lowest BCUT2D eigenvalue weighted by Gasteiger charge is -2.22. The summed E-state index contributed by atoms with van der Waals surface area (Å²) < 4.78 is 5.93. The predicted octanol–water partition coefficient (Wildman–Crippen LogP) is 3.19. The summed E-state index contributed by atoms with van der Waals surface area (Å²) >= 11 is 0. The highest BCUT2D eigenvalue weighted by molar-refractivity contribution is 6.12. The summed E-state index contributed by atoms with van der Waals surface area (Å²) in [7, 11) is 1.74. The minimum Gasteiger partial charge on any atom is -0.493 e. The minimum atomic E-state index is -0.427. The number of fused-ring (bicyclic) bond motifs is 3. The molecule has 0 unspecified atom stereocenters. The van der Waals surface area contributed by atoms with Crippen LogP contribution >= 0.6 is 0 Å². The van der Waals surface area contributed by atoms with Gasteiger partial charge in [0.05, 0.1) is 30.0 Å². The molecule has 0 atom stereocenters. The van der Waals surface area contributed by atoms with Crippen LogP contribution in [0.1, 0.15) is 38.8 Å². The summed E-state index contributed by atoms with van der Waals surface area (Å²) in [5, 5.41) is 10.4. The van der Waals surface area contributed by atoms with E-state index in [-0.39, 0.29) is 12.5 Å². The molecule has 0 saturated heterocycles. The highest BCUT2D eigenvalue weighted by Crippen LogP contribution is 2.37. The van der Waals surface area contributed by atoms with Crippen LogP contribution in [0.5, 0.6) is 5.75 Å². The Balaban J connectivity index is 1.38. The molecule has 0 saturated carbocycles. The Bertz CT molecular complexity index is 1260. The first-order valence-corrected chi connectivity index (χ1v) is 10.7. The number of amides is 2. The third-order valence-corrected chi connectivity index (χ3v) is 5.97. The largest absolute Gasteiger partial charge is 0.493 e. The topological polar surface area (TPSA) is 99.1 Å². The fraction of sp³-hybridized carbons (Fsp3) is 0.250. The predicted molar refractivity (Wildman–Crippen MR) is 121 cm³/mol. The number of aromatic nitrogens is 2. The van der Waals surface area contributed by atoms with E-state index in [1.54, 1.807) is 42.5 Å². The van der Waals surface area contributed by atoms with Crippen molar-refractivity contribution in [2.45, 2.75) is 19.9 Å². The molecule has 2 aliphatic heterocycles. The summed E-state index contributed by atoms with van der Waals surface area (Å²) in [5.41, 5.74) is 3.22. The zero-order valence-corrected chi connectivity index (χ0v) is 18.4. The summed E-state index contributed by atoms with van der Waals surface area (Å²) in [6.07, 6.45) is 3.98. The van der Waals surface area contributed by atoms with Crippen molar-refractivity contribution in [2.75, 3.05) is 30.0 Å². The standard InChI is InChI=1S/C24H23N5O4/c1-3-28-21-17(23(30)27(2)19-7-5-10-25-22(19)28)12-15(13-26-21)9-11-33-20-8-4-6-16-18(20)14-29(32)24(16)31/h4-8,10,12-13,32H,3,9,11,14H2,1-2H3. The van der Waals surface area contributed by atoms with Crippen molar-refractivity contribution < 1.29 is 19.5 Å². The highest BCUT2D eigenvalue weighted by atomic mass is 16.5. The molecule has 1 aromatic carbocycles. The van der Waals surface area contributed by atoms with Crippen LogP contribution in [-0.4, -0.2) is 52.3 Å². The summed E-state index contributed by atoms with van der Waals surface area (Å²) in [6.45, 7) is 3.05. The maximum absolute atomic E-state index is 13.2. The average Bonchev–Trinajstić information content (AvgIpc) is 3.09. The Morgan fingerprint density at radius 1 is 1.06 bits per heavy atom. The van der Waals surface area contributed by atoms with Gasteiger partial charge in [0, 0.05) is 38.0 Å². The molecular weight excluding hydrogens is 422 g/mol. The number of nitrogens with zero attached hydrogens (tertiary/aromatic N) is 5. The fourth-order valence-electron chi connectivity index (χ4n) is 4.26. The van der Waals surface area contributed by atoms with E-state index in [1.807, 2.05) is 30.0 Å². The quantitative estimate of drug-likeness (QED) is 0.602. The van der Waals surface area contributed by atoms with Crippen LogP contribution < -0.4 is 14.5 Å². The number of hydrogen-bond donors (Lipinski definition) is 1. The van der Waals surface area contributed by atoms with E-state index in [4.69, 9.17) is 4.74 Å². The van der Waals surface area contributed by atoms with E-state index in [9.17, 15) is 14.8 Å². The van der Waals surface area contributed by atoms with E-state index >= 15 is 0 Å². The van der Waals surface area contributed by atoms with Crippen molar-refractivity contribution in [3.05, 3.63) is 71.0 Å². The van der Waals surface area contributed by atoms with Crippen molar-refractivity contribution in [3.63, 3.8) is 0 Å². The Morgan fingerprint density at radius 3 is 2.73 bits per heavy atom. The van der Waals surface area contributed by atoms with Gasteiger partial charge in [-0.25, -0.2) is 15.0 Å². The minimum absolute atomic E-state index is 0.104. The molecule has 1 N–H and O–H groups in total. The number of pyridine rings is 2. The number of benzene rings is 1. The van der Waals surface area contributed by atoms with Gasteiger partial charge in [-0.2, -0.15) is 0 Å². The van der Waals surface area contributed by atoms with Gasteiger partial charge in [-0.1, -0.05) is 6.07 Å². The van der Waals surface area contributed by atoms with Crippen LogP contribution in [0, 0.1) is 0 Å². The van der Waals surface area contributed by atoms with Crippen LogP contribution in [0.15, 0.2) is 48.8 Å². The lowest BCUT2D eigenvalue weighted by atomic mass is 10.1. The molecule has 4 heterocycles. The molecule has 0 fully saturated rings. The van der Waals surface area contributed by atoms with Gasteiger partial charge in [-0.15, -0.1) is 0 Å². The molecule has 2 aromatic heterocycles. The van der Waals surface area contributed by atoms with E-state index in [2.05, 4.69) is 9.97 Å². The molecule has 33 heavy (non-hydrogen) atoms. The average molecular weight is 445 g/mol. The van der Waals surface area contributed by atoms with Gasteiger partial charge in [0.25, 0.3) is 11.8 Å². The summed E-state index contributed by atoms with van der Waals surface area (Å²) in [4.78, 5) is 37.9. The third kappa shape index (κ3) is 3.46. The molecule has 168 valence electrons. The molecule has 5 rings (SSSR count). The number of hydrogen-bond acceptors (Lipinski definition) is 7.